The maximum absolute atomic E-state index is 6.36. The second-order valence-electron chi connectivity index (χ2n) is 6.79. The second kappa shape index (κ2) is 6.47. The number of piperidine rings is 1. The number of nitrogens with zero attached hydrogens (tertiary/aromatic N) is 1. The van der Waals surface area contributed by atoms with Gasteiger partial charge >= 0.3 is 0 Å². The van der Waals surface area contributed by atoms with Crippen molar-refractivity contribution in [2.45, 2.75) is 45.2 Å². The Morgan fingerprint density at radius 2 is 1.90 bits per heavy atom. The number of fused-ring (bicyclic) bond motifs is 2. The largest absolute Gasteiger partial charge is 0.380 e. The number of likely N-dealkylation sites (tertiary alicyclic amines) is 1. The van der Waals surface area contributed by atoms with Crippen molar-refractivity contribution < 1.29 is 0 Å². The van der Waals surface area contributed by atoms with E-state index < -0.39 is 0 Å². The average Bonchev–Trinajstić information content (AvgIpc) is 2.42. The van der Waals surface area contributed by atoms with Gasteiger partial charge in [0.05, 0.1) is 10.7 Å². The summed E-state index contributed by atoms with van der Waals surface area (Å²) in [5.41, 5.74) is 1.07. The highest BCUT2D eigenvalue weighted by atomic mass is 79.9. The summed E-state index contributed by atoms with van der Waals surface area (Å²) >= 11 is 9.90. The Hall–Kier alpha value is -0.250. The lowest BCUT2D eigenvalue weighted by Gasteiger charge is -2.49. The number of hydrogen-bond acceptors (Lipinski definition) is 2. The van der Waals surface area contributed by atoms with E-state index in [4.69, 9.17) is 11.6 Å². The van der Waals surface area contributed by atoms with Gasteiger partial charge in [0.2, 0.25) is 0 Å². The highest BCUT2D eigenvalue weighted by Gasteiger charge is 2.40. The normalized spacial score (nSPS) is 29.7. The fraction of sp³-hybridized carbons (Fsp3) is 0.647. The molecule has 2 nitrogen and oxygen atoms in total. The zero-order valence-electron chi connectivity index (χ0n) is 12.8. The fourth-order valence-corrected chi connectivity index (χ4v) is 4.45. The standard InChI is InChI=1S/C17H24BrClN2/c1-11(2)21-9-12-4-3-5-13(10-21)17(12)20-16-8-14(18)6-7-15(16)19/h6-8,11-13,17,20H,3-5,9-10H2,1-2H3. The molecule has 1 saturated heterocycles. The van der Waals surface area contributed by atoms with Crippen molar-refractivity contribution in [2.24, 2.45) is 11.8 Å². The summed E-state index contributed by atoms with van der Waals surface area (Å²) in [5, 5.41) is 4.58. The van der Waals surface area contributed by atoms with E-state index >= 15 is 0 Å². The molecular weight excluding hydrogens is 348 g/mol. The van der Waals surface area contributed by atoms with Crippen LogP contribution in [0.4, 0.5) is 5.69 Å². The molecule has 0 radical (unpaired) electrons. The number of anilines is 1. The third-order valence-electron chi connectivity index (χ3n) is 5.08. The number of hydrogen-bond donors (Lipinski definition) is 1. The van der Waals surface area contributed by atoms with Crippen LogP contribution in [-0.2, 0) is 0 Å². The lowest BCUT2D eigenvalue weighted by Crippen LogP contribution is -2.56. The molecule has 2 atom stereocenters. The Morgan fingerprint density at radius 3 is 2.52 bits per heavy atom. The molecule has 2 unspecified atom stereocenters. The summed E-state index contributed by atoms with van der Waals surface area (Å²) in [6, 6.07) is 7.29. The molecule has 4 heteroatoms. The molecule has 2 bridgehead atoms. The smallest absolute Gasteiger partial charge is 0.0638 e. The molecule has 2 fully saturated rings. The van der Waals surface area contributed by atoms with Crippen LogP contribution in [-0.4, -0.2) is 30.1 Å². The predicted molar refractivity (Wildman–Crippen MR) is 94.1 cm³/mol. The number of halogens is 2. The Kier molecular flexibility index (Phi) is 4.82. The van der Waals surface area contributed by atoms with Gasteiger partial charge in [0.15, 0.2) is 0 Å². The van der Waals surface area contributed by atoms with Gasteiger partial charge < -0.3 is 10.2 Å². The van der Waals surface area contributed by atoms with Gasteiger partial charge in [0.25, 0.3) is 0 Å². The molecule has 2 aliphatic rings. The van der Waals surface area contributed by atoms with Gasteiger partial charge in [0.1, 0.15) is 0 Å². The molecule has 0 spiro atoms. The molecule has 3 rings (SSSR count). The summed E-state index contributed by atoms with van der Waals surface area (Å²) < 4.78 is 1.08. The van der Waals surface area contributed by atoms with E-state index in [0.717, 1.165) is 27.0 Å². The summed E-state index contributed by atoms with van der Waals surface area (Å²) in [6.07, 6.45) is 4.05. The molecule has 1 N–H and O–H groups in total. The van der Waals surface area contributed by atoms with E-state index in [-0.39, 0.29) is 0 Å². The predicted octanol–water partition coefficient (Wildman–Crippen LogP) is 5.02. The average molecular weight is 372 g/mol. The van der Waals surface area contributed by atoms with Crippen LogP contribution in [0.1, 0.15) is 33.1 Å². The monoisotopic (exact) mass is 370 g/mol. The Bertz CT molecular complexity index is 492. The van der Waals surface area contributed by atoms with Gasteiger partial charge in [-0.1, -0.05) is 34.0 Å². The van der Waals surface area contributed by atoms with E-state index in [1.54, 1.807) is 0 Å². The van der Waals surface area contributed by atoms with Crippen LogP contribution in [0.2, 0.25) is 5.02 Å². The van der Waals surface area contributed by atoms with Crippen LogP contribution in [0.5, 0.6) is 0 Å². The van der Waals surface area contributed by atoms with E-state index in [2.05, 4.69) is 46.1 Å². The summed E-state index contributed by atoms with van der Waals surface area (Å²) in [5.74, 6) is 1.49. The summed E-state index contributed by atoms with van der Waals surface area (Å²) in [4.78, 5) is 2.65. The summed E-state index contributed by atoms with van der Waals surface area (Å²) in [7, 11) is 0. The van der Waals surface area contributed by atoms with Crippen molar-refractivity contribution in [3.63, 3.8) is 0 Å². The van der Waals surface area contributed by atoms with Crippen LogP contribution in [0.25, 0.3) is 0 Å². The van der Waals surface area contributed by atoms with Crippen molar-refractivity contribution >= 4 is 33.2 Å². The van der Waals surface area contributed by atoms with Gasteiger partial charge in [-0.2, -0.15) is 0 Å². The molecule has 116 valence electrons. The van der Waals surface area contributed by atoms with Crippen LogP contribution >= 0.6 is 27.5 Å². The SMILES string of the molecule is CC(C)N1CC2CCCC(C1)C2Nc1cc(Br)ccc1Cl. The zero-order chi connectivity index (χ0) is 15.0. The maximum atomic E-state index is 6.36. The van der Waals surface area contributed by atoms with E-state index in [0.29, 0.717) is 12.1 Å². The van der Waals surface area contributed by atoms with Crippen molar-refractivity contribution in [1.29, 1.82) is 0 Å². The van der Waals surface area contributed by atoms with Gasteiger partial charge in [-0.05, 0) is 56.7 Å². The number of rotatable bonds is 3. The van der Waals surface area contributed by atoms with Crippen molar-refractivity contribution in [2.75, 3.05) is 18.4 Å². The minimum atomic E-state index is 0.570. The fourth-order valence-electron chi connectivity index (χ4n) is 3.92. The van der Waals surface area contributed by atoms with Crippen LogP contribution < -0.4 is 5.32 Å². The van der Waals surface area contributed by atoms with Crippen molar-refractivity contribution in [3.8, 4) is 0 Å². The quantitative estimate of drug-likeness (QED) is 0.802. The van der Waals surface area contributed by atoms with Crippen LogP contribution in [0.3, 0.4) is 0 Å². The molecule has 1 aliphatic heterocycles. The minimum Gasteiger partial charge on any atom is -0.380 e. The molecule has 1 aliphatic carbocycles. The molecule has 0 amide bonds. The summed E-state index contributed by atoms with van der Waals surface area (Å²) in [6.45, 7) is 7.07. The van der Waals surface area contributed by atoms with E-state index in [1.807, 2.05) is 12.1 Å². The molecule has 1 aromatic carbocycles. The number of benzene rings is 1. The van der Waals surface area contributed by atoms with Crippen LogP contribution in [0, 0.1) is 11.8 Å². The molecule has 1 heterocycles. The maximum Gasteiger partial charge on any atom is 0.0638 e. The Morgan fingerprint density at radius 1 is 1.24 bits per heavy atom. The highest BCUT2D eigenvalue weighted by Crippen LogP contribution is 2.38. The Balaban J connectivity index is 1.78. The van der Waals surface area contributed by atoms with E-state index in [1.165, 1.54) is 32.4 Å². The van der Waals surface area contributed by atoms with Gasteiger partial charge in [0, 0.05) is 29.6 Å². The van der Waals surface area contributed by atoms with Gasteiger partial charge in [-0.15, -0.1) is 0 Å². The lowest BCUT2D eigenvalue weighted by molar-refractivity contribution is 0.0518. The van der Waals surface area contributed by atoms with Gasteiger partial charge in [-0.3, -0.25) is 0 Å². The topological polar surface area (TPSA) is 15.3 Å². The minimum absolute atomic E-state index is 0.570. The third-order valence-corrected chi connectivity index (χ3v) is 5.91. The molecular formula is C17H24BrClN2. The van der Waals surface area contributed by atoms with E-state index in [9.17, 15) is 0 Å². The Labute approximate surface area is 141 Å². The third kappa shape index (κ3) is 3.40. The van der Waals surface area contributed by atoms with Crippen LogP contribution in [0.15, 0.2) is 22.7 Å². The first kappa shape index (κ1) is 15.6. The van der Waals surface area contributed by atoms with Crippen molar-refractivity contribution in [3.05, 3.63) is 27.7 Å². The number of nitrogens with one attached hydrogen (secondary N) is 1. The van der Waals surface area contributed by atoms with Gasteiger partial charge in [-0.25, -0.2) is 0 Å². The first-order valence-electron chi connectivity index (χ1n) is 8.00. The zero-order valence-corrected chi connectivity index (χ0v) is 15.1. The molecule has 21 heavy (non-hydrogen) atoms. The lowest BCUT2D eigenvalue weighted by atomic mass is 9.73. The first-order valence-corrected chi connectivity index (χ1v) is 9.17. The molecule has 1 saturated carbocycles. The van der Waals surface area contributed by atoms with Crippen molar-refractivity contribution in [1.82, 2.24) is 4.90 Å². The molecule has 1 aromatic rings. The second-order valence-corrected chi connectivity index (χ2v) is 8.12. The molecule has 0 aromatic heterocycles. The highest BCUT2D eigenvalue weighted by molar-refractivity contribution is 9.10. The first-order chi connectivity index (χ1) is 10.0.